The molecule has 0 aliphatic rings. The normalized spacial score (nSPS) is 10.2. The number of carbonyl (C=O) groups is 1. The number of nitrogens with two attached hydrogens (primary N) is 1. The second-order valence-electron chi connectivity index (χ2n) is 11.7. The van der Waals surface area contributed by atoms with E-state index in [1.54, 1.807) is 104 Å². The van der Waals surface area contributed by atoms with E-state index in [0.29, 0.717) is 43.8 Å². The van der Waals surface area contributed by atoms with Gasteiger partial charge in [0.15, 0.2) is 0 Å². The molecule has 0 bridgehead atoms. The molecule has 4 heterocycles. The zero-order valence-electron chi connectivity index (χ0n) is 29.5. The predicted molar refractivity (Wildman–Crippen MR) is 236 cm³/mol. The molecule has 298 valence electrons. The van der Waals surface area contributed by atoms with Gasteiger partial charge in [-0.1, -0.05) is 98.7 Å². The lowest BCUT2D eigenvalue weighted by molar-refractivity contribution is 0.0699. The lowest BCUT2D eigenvalue weighted by atomic mass is 10.1. The van der Waals surface area contributed by atoms with Crippen LogP contribution >= 0.6 is 30.9 Å². The third kappa shape index (κ3) is 12.0. The first-order chi connectivity index (χ1) is 27.6. The summed E-state index contributed by atoms with van der Waals surface area (Å²) >= 11 is 11.7. The first-order valence-electron chi connectivity index (χ1n) is 16.8. The number of halogens is 2. The minimum absolute atomic E-state index is 0. The minimum atomic E-state index is -3.95. The molecule has 8 rings (SSSR count). The third-order valence-corrected chi connectivity index (χ3v) is 9.53. The molecule has 0 aliphatic heterocycles. The zero-order chi connectivity index (χ0) is 40.2. The molecule has 59 heavy (non-hydrogen) atoms. The number of nitrogens with zero attached hydrogens (tertiary/aromatic N) is 7. The Morgan fingerprint density at radius 2 is 1.12 bits per heavy atom. The number of aromatic carboxylic acids is 1. The van der Waals surface area contributed by atoms with Crippen molar-refractivity contribution in [3.63, 3.8) is 0 Å². The van der Waals surface area contributed by atoms with Crippen LogP contribution in [0, 0.1) is 0 Å². The van der Waals surface area contributed by atoms with Crippen molar-refractivity contribution in [3.8, 4) is 34.0 Å². The van der Waals surface area contributed by atoms with E-state index in [1.807, 2.05) is 48.5 Å². The average Bonchev–Trinajstić information content (AvgIpc) is 3.22. The molecular weight excluding hydrogens is 810 g/mol. The van der Waals surface area contributed by atoms with Crippen molar-refractivity contribution in [1.29, 1.82) is 0 Å². The summed E-state index contributed by atoms with van der Waals surface area (Å²) in [5, 5.41) is 12.0. The van der Waals surface area contributed by atoms with Crippen molar-refractivity contribution in [1.82, 2.24) is 19.9 Å². The van der Waals surface area contributed by atoms with E-state index >= 15 is 0 Å². The summed E-state index contributed by atoms with van der Waals surface area (Å²) in [4.78, 5) is 34.1. The van der Waals surface area contributed by atoms with E-state index in [1.165, 1.54) is 6.20 Å². The summed E-state index contributed by atoms with van der Waals surface area (Å²) in [6.07, 6.45) is 6.54. The van der Waals surface area contributed by atoms with E-state index in [9.17, 15) is 14.5 Å². The fourth-order valence-corrected chi connectivity index (χ4v) is 6.45. The number of fused-ring (bicyclic) bond motifs is 2. The van der Waals surface area contributed by atoms with Crippen LogP contribution in [0.15, 0.2) is 163 Å². The number of azide groups is 1. The molecule has 0 aliphatic carbocycles. The standard InChI is InChI=1S/C15H9ClN2O2.C14H10ClN3.C12H10N3O3P.2CH4/c16-10-3-1-9(2-4-10)14-7-11(15(19)20)12-8-17-6-5-13(12)18-14;15-10-3-1-9(2-4-10)14-7-12(16)11-8-17-6-5-13(11)18-14;13-14-15-19(16,17-11-7-3-1-4-8-11)18-12-9-5-2-6-10-12;;/h1-8H,(H,19,20);1-8H,(H2,16,18);1-10H;2*1H4. The molecule has 0 radical (unpaired) electrons. The van der Waals surface area contributed by atoms with Crippen molar-refractivity contribution in [2.45, 2.75) is 14.9 Å². The van der Waals surface area contributed by atoms with Crippen LogP contribution in [-0.4, -0.2) is 31.0 Å². The highest BCUT2D eigenvalue weighted by molar-refractivity contribution is 7.53. The van der Waals surface area contributed by atoms with Crippen LogP contribution in [0.25, 0.3) is 54.8 Å². The number of para-hydroxylation sites is 2. The van der Waals surface area contributed by atoms with Gasteiger partial charge < -0.3 is 19.9 Å². The highest BCUT2D eigenvalue weighted by Gasteiger charge is 2.26. The Bertz CT molecular complexity index is 2700. The fraction of sp³-hybridized carbons (Fsp3) is 0.0465. The molecule has 0 amide bonds. The van der Waals surface area contributed by atoms with Gasteiger partial charge in [-0.2, -0.15) is 0 Å². The maximum absolute atomic E-state index is 12.3. The van der Waals surface area contributed by atoms with E-state index in [0.717, 1.165) is 27.7 Å². The Balaban J connectivity index is 0.000000192. The Morgan fingerprint density at radius 3 is 1.58 bits per heavy atom. The Morgan fingerprint density at radius 1 is 0.678 bits per heavy atom. The number of pyridine rings is 4. The van der Waals surface area contributed by atoms with Gasteiger partial charge in [0.05, 0.1) is 28.0 Å². The molecular formula is C43H37Cl2N8O5P. The molecule has 3 N–H and O–H groups in total. The van der Waals surface area contributed by atoms with Gasteiger partial charge in [-0.3, -0.25) is 9.97 Å². The van der Waals surface area contributed by atoms with E-state index < -0.39 is 13.7 Å². The first kappa shape index (κ1) is 44.7. The van der Waals surface area contributed by atoms with Crippen molar-refractivity contribution in [2.24, 2.45) is 4.88 Å². The monoisotopic (exact) mass is 846 g/mol. The summed E-state index contributed by atoms with van der Waals surface area (Å²) in [6.45, 7) is 0. The Kier molecular flexibility index (Phi) is 15.9. The van der Waals surface area contributed by atoms with Gasteiger partial charge in [-0.05, 0) is 78.3 Å². The van der Waals surface area contributed by atoms with Crippen LogP contribution in [-0.2, 0) is 4.57 Å². The highest BCUT2D eigenvalue weighted by atomic mass is 35.5. The van der Waals surface area contributed by atoms with Crippen LogP contribution in [0.2, 0.25) is 10.0 Å². The quantitative estimate of drug-likeness (QED) is 0.0641. The number of nitrogen functional groups attached to an aromatic ring is 1. The lowest BCUT2D eigenvalue weighted by Gasteiger charge is -2.14. The Labute approximate surface area is 350 Å². The van der Waals surface area contributed by atoms with Gasteiger partial charge in [-0.25, -0.2) is 19.3 Å². The van der Waals surface area contributed by atoms with Crippen LogP contribution < -0.4 is 14.8 Å². The summed E-state index contributed by atoms with van der Waals surface area (Å²) in [5.74, 6) is -0.399. The summed E-state index contributed by atoms with van der Waals surface area (Å²) in [7, 11) is -3.95. The maximum atomic E-state index is 12.3. The topological polar surface area (TPSA) is 199 Å². The Hall–Kier alpha value is -7.01. The molecule has 0 unspecified atom stereocenters. The number of anilines is 1. The number of benzene rings is 4. The summed E-state index contributed by atoms with van der Waals surface area (Å²) in [5.41, 5.74) is 20.1. The molecule has 13 nitrogen and oxygen atoms in total. The lowest BCUT2D eigenvalue weighted by Crippen LogP contribution is -2.00. The molecule has 8 aromatic rings. The molecule has 0 fully saturated rings. The van der Waals surface area contributed by atoms with Crippen molar-refractivity contribution >= 4 is 64.4 Å². The van der Waals surface area contributed by atoms with Gasteiger partial charge in [0.2, 0.25) is 0 Å². The van der Waals surface area contributed by atoms with Crippen molar-refractivity contribution < 1.29 is 23.5 Å². The number of aromatic nitrogens is 4. The third-order valence-electron chi connectivity index (χ3n) is 7.84. The molecule has 0 saturated carbocycles. The maximum Gasteiger partial charge on any atom is 0.525 e. The molecule has 0 spiro atoms. The molecule has 4 aromatic carbocycles. The van der Waals surface area contributed by atoms with Crippen LogP contribution in [0.4, 0.5) is 5.69 Å². The van der Waals surface area contributed by atoms with Gasteiger partial charge in [0, 0.05) is 72.2 Å². The highest BCUT2D eigenvalue weighted by Crippen LogP contribution is 2.50. The first-order valence-corrected chi connectivity index (χ1v) is 19.0. The second-order valence-corrected chi connectivity index (χ2v) is 14.1. The van der Waals surface area contributed by atoms with Crippen LogP contribution in [0.5, 0.6) is 11.5 Å². The zero-order valence-corrected chi connectivity index (χ0v) is 31.9. The average molecular weight is 848 g/mol. The number of hydrogen-bond acceptors (Lipinski definition) is 9. The SMILES string of the molecule is C.C.Nc1cc(-c2ccc(Cl)cc2)nc2ccncc12.O=C(O)c1cc(-c2ccc(Cl)cc2)nc2ccncc12.[N-]=[N+]=NP(=O)(Oc1ccccc1)Oc1ccccc1. The number of rotatable bonds is 8. The fourth-order valence-electron chi connectivity index (χ4n) is 5.21. The van der Waals surface area contributed by atoms with E-state index in [2.05, 4.69) is 29.7 Å². The van der Waals surface area contributed by atoms with E-state index in [-0.39, 0.29) is 20.4 Å². The van der Waals surface area contributed by atoms with Gasteiger partial charge in [0.1, 0.15) is 11.5 Å². The number of carboxylic acid groups (broad SMARTS) is 1. The second kappa shape index (κ2) is 20.9. The summed E-state index contributed by atoms with van der Waals surface area (Å²) < 4.78 is 22.6. The minimum Gasteiger partial charge on any atom is -0.478 e. The van der Waals surface area contributed by atoms with Crippen LogP contribution in [0.1, 0.15) is 25.2 Å². The molecule has 4 aromatic heterocycles. The molecule has 0 atom stereocenters. The predicted octanol–water partition coefficient (Wildman–Crippen LogP) is 13.0. The molecule has 0 saturated heterocycles. The van der Waals surface area contributed by atoms with Crippen LogP contribution in [0.3, 0.4) is 0 Å². The largest absolute Gasteiger partial charge is 0.525 e. The van der Waals surface area contributed by atoms with Crippen molar-refractivity contribution in [2.75, 3.05) is 5.73 Å². The van der Waals surface area contributed by atoms with Gasteiger partial charge in [0.25, 0.3) is 0 Å². The van der Waals surface area contributed by atoms with Crippen molar-refractivity contribution in [3.05, 3.63) is 184 Å². The summed E-state index contributed by atoms with van der Waals surface area (Å²) in [6, 6.07) is 38.3. The number of carboxylic acids is 1. The number of hydrogen-bond donors (Lipinski definition) is 2. The van der Waals surface area contributed by atoms with E-state index in [4.69, 9.17) is 43.5 Å². The molecule has 16 heteroatoms. The van der Waals surface area contributed by atoms with Gasteiger partial charge in [-0.15, -0.1) is 0 Å². The smallest absolute Gasteiger partial charge is 0.478 e. The van der Waals surface area contributed by atoms with Gasteiger partial charge >= 0.3 is 13.7 Å².